The number of hydrogen-bond acceptors (Lipinski definition) is 3. The third kappa shape index (κ3) is 5.34. The Labute approximate surface area is 167 Å². The topological polar surface area (TPSA) is 83.3 Å². The number of amides is 1. The van der Waals surface area contributed by atoms with Crippen LogP contribution in [-0.2, 0) is 11.3 Å². The quantitative estimate of drug-likeness (QED) is 0.505. The molecule has 0 aliphatic heterocycles. The first-order chi connectivity index (χ1) is 13.3. The maximum absolute atomic E-state index is 12.2. The minimum absolute atomic E-state index is 0.0211. The summed E-state index contributed by atoms with van der Waals surface area (Å²) in [6, 6.07) is 10.2. The third-order valence-corrected chi connectivity index (χ3v) is 4.55. The van der Waals surface area contributed by atoms with Gasteiger partial charge in [-0.3, -0.25) is 9.79 Å². The predicted octanol–water partition coefficient (Wildman–Crippen LogP) is 2.32. The summed E-state index contributed by atoms with van der Waals surface area (Å²) in [5.74, 6) is 0.674. The van der Waals surface area contributed by atoms with Gasteiger partial charge >= 0.3 is 0 Å². The zero-order valence-electron chi connectivity index (χ0n) is 17.8. The highest BCUT2D eigenvalue weighted by atomic mass is 16.2. The van der Waals surface area contributed by atoms with Crippen LogP contribution in [0.25, 0.3) is 5.69 Å². The van der Waals surface area contributed by atoms with Crippen LogP contribution in [-0.4, -0.2) is 41.8 Å². The molecule has 0 saturated heterocycles. The number of carbonyl (C=O) groups is 1. The maximum Gasteiger partial charge on any atom is 0.227 e. The molecule has 0 unspecified atom stereocenters. The van der Waals surface area contributed by atoms with Gasteiger partial charge in [0.1, 0.15) is 0 Å². The Bertz CT molecular complexity index is 837. The number of rotatable bonds is 7. The number of nitrogens with one attached hydrogen (secondary N) is 3. The second-order valence-electron chi connectivity index (χ2n) is 7.49. The van der Waals surface area contributed by atoms with Crippen LogP contribution in [0.5, 0.6) is 0 Å². The van der Waals surface area contributed by atoms with Crippen LogP contribution in [0.4, 0.5) is 0 Å². The summed E-state index contributed by atoms with van der Waals surface area (Å²) in [4.78, 5) is 16.4. The maximum atomic E-state index is 12.2. The molecule has 152 valence electrons. The van der Waals surface area contributed by atoms with E-state index in [1.165, 1.54) is 0 Å². The lowest BCUT2D eigenvalue weighted by molar-refractivity contribution is -0.128. The van der Waals surface area contributed by atoms with Crippen molar-refractivity contribution >= 4 is 11.9 Å². The summed E-state index contributed by atoms with van der Waals surface area (Å²) in [5, 5.41) is 14.0. The van der Waals surface area contributed by atoms with Gasteiger partial charge in [-0.2, -0.15) is 5.10 Å². The fraction of sp³-hybridized carbons (Fsp3) is 0.476. The van der Waals surface area contributed by atoms with Crippen molar-refractivity contribution in [1.29, 1.82) is 0 Å². The summed E-state index contributed by atoms with van der Waals surface area (Å²) in [6.07, 6.45) is 0. The minimum Gasteiger partial charge on any atom is -0.356 e. The molecule has 7 nitrogen and oxygen atoms in total. The average Bonchev–Trinajstić information content (AvgIpc) is 3.00. The van der Waals surface area contributed by atoms with Gasteiger partial charge in [-0.1, -0.05) is 18.2 Å². The molecule has 0 spiro atoms. The third-order valence-electron chi connectivity index (χ3n) is 4.55. The highest BCUT2D eigenvalue weighted by molar-refractivity contribution is 5.84. The number of aliphatic imine (C=N–C) groups is 1. The van der Waals surface area contributed by atoms with E-state index in [1.807, 2.05) is 51.4 Å². The molecule has 28 heavy (non-hydrogen) atoms. The number of para-hydroxylation sites is 1. The van der Waals surface area contributed by atoms with Crippen molar-refractivity contribution in [3.05, 3.63) is 47.3 Å². The molecule has 0 fully saturated rings. The van der Waals surface area contributed by atoms with Crippen molar-refractivity contribution in [2.75, 3.05) is 20.1 Å². The average molecular weight is 385 g/mol. The highest BCUT2D eigenvalue weighted by Gasteiger charge is 2.27. The number of aromatic nitrogens is 2. The second kappa shape index (κ2) is 9.39. The highest BCUT2D eigenvalue weighted by Crippen LogP contribution is 2.17. The van der Waals surface area contributed by atoms with E-state index in [9.17, 15) is 4.79 Å². The second-order valence-corrected chi connectivity index (χ2v) is 7.49. The standard InChI is InChI=1S/C21H32N6O/c1-7-23-19(28)21(4,5)14-25-20(22-6)24-13-17-10-8-9-11-18(17)27-16(3)12-15(2)26-27/h8-12H,7,13-14H2,1-6H3,(H,23,28)(H2,22,24,25). The molecule has 2 rings (SSSR count). The molecule has 0 bridgehead atoms. The Kier molecular flexibility index (Phi) is 7.20. The lowest BCUT2D eigenvalue weighted by Crippen LogP contribution is -2.47. The number of carbonyl (C=O) groups excluding carboxylic acids is 1. The largest absolute Gasteiger partial charge is 0.356 e. The normalized spacial score (nSPS) is 12.0. The molecule has 0 atom stereocenters. The smallest absolute Gasteiger partial charge is 0.227 e. The van der Waals surface area contributed by atoms with Crippen molar-refractivity contribution in [2.45, 2.75) is 41.2 Å². The van der Waals surface area contributed by atoms with Gasteiger partial charge < -0.3 is 16.0 Å². The molecule has 0 saturated carbocycles. The van der Waals surface area contributed by atoms with E-state index in [1.54, 1.807) is 7.05 Å². The monoisotopic (exact) mass is 384 g/mol. The van der Waals surface area contributed by atoms with Gasteiger partial charge in [0.2, 0.25) is 5.91 Å². The molecule has 7 heteroatoms. The molecule has 0 aliphatic rings. The summed E-state index contributed by atoms with van der Waals surface area (Å²) >= 11 is 0. The molecular formula is C21H32N6O. The molecule has 0 aliphatic carbocycles. The van der Waals surface area contributed by atoms with E-state index in [4.69, 9.17) is 0 Å². The van der Waals surface area contributed by atoms with Crippen LogP contribution < -0.4 is 16.0 Å². The Morgan fingerprint density at radius 1 is 1.18 bits per heavy atom. The zero-order valence-corrected chi connectivity index (χ0v) is 17.8. The minimum atomic E-state index is -0.533. The van der Waals surface area contributed by atoms with Crippen LogP contribution >= 0.6 is 0 Å². The van der Waals surface area contributed by atoms with Crippen LogP contribution in [0.15, 0.2) is 35.3 Å². The van der Waals surface area contributed by atoms with Gasteiger partial charge in [-0.15, -0.1) is 0 Å². The van der Waals surface area contributed by atoms with Gasteiger partial charge in [0.15, 0.2) is 5.96 Å². The van der Waals surface area contributed by atoms with Gasteiger partial charge in [0, 0.05) is 32.4 Å². The number of benzene rings is 1. The fourth-order valence-electron chi connectivity index (χ4n) is 2.92. The number of guanidine groups is 1. The van der Waals surface area contributed by atoms with E-state index in [0.29, 0.717) is 25.6 Å². The van der Waals surface area contributed by atoms with Gasteiger partial charge in [-0.05, 0) is 52.3 Å². The molecule has 1 aromatic carbocycles. The first-order valence-corrected chi connectivity index (χ1v) is 9.63. The first-order valence-electron chi connectivity index (χ1n) is 9.63. The van der Waals surface area contributed by atoms with Gasteiger partial charge in [-0.25, -0.2) is 4.68 Å². The molecule has 2 aromatic rings. The number of aryl methyl sites for hydroxylation is 2. The van der Waals surface area contributed by atoms with Crippen LogP contribution in [0.1, 0.15) is 37.7 Å². The Balaban J connectivity index is 2.05. The van der Waals surface area contributed by atoms with Crippen molar-refractivity contribution in [1.82, 2.24) is 25.7 Å². The molecular weight excluding hydrogens is 352 g/mol. The Hall–Kier alpha value is -2.83. The zero-order chi connectivity index (χ0) is 20.7. The van der Waals surface area contributed by atoms with E-state index in [0.717, 1.165) is 22.6 Å². The first kappa shape index (κ1) is 21.5. The van der Waals surface area contributed by atoms with Crippen molar-refractivity contribution in [2.24, 2.45) is 10.4 Å². The number of nitrogens with zero attached hydrogens (tertiary/aromatic N) is 3. The molecule has 1 amide bonds. The van der Waals surface area contributed by atoms with Crippen molar-refractivity contribution < 1.29 is 4.79 Å². The lowest BCUT2D eigenvalue weighted by atomic mass is 9.92. The predicted molar refractivity (Wildman–Crippen MR) is 114 cm³/mol. The lowest BCUT2D eigenvalue weighted by Gasteiger charge is -2.25. The van der Waals surface area contributed by atoms with Crippen molar-refractivity contribution in [3.63, 3.8) is 0 Å². The fourth-order valence-corrected chi connectivity index (χ4v) is 2.92. The van der Waals surface area contributed by atoms with Gasteiger partial charge in [0.05, 0.1) is 16.8 Å². The van der Waals surface area contributed by atoms with E-state index >= 15 is 0 Å². The van der Waals surface area contributed by atoms with E-state index < -0.39 is 5.41 Å². The summed E-state index contributed by atoms with van der Waals surface area (Å²) in [6.45, 7) is 11.5. The van der Waals surface area contributed by atoms with Crippen LogP contribution in [0.3, 0.4) is 0 Å². The molecule has 0 radical (unpaired) electrons. The Morgan fingerprint density at radius 3 is 2.50 bits per heavy atom. The molecule has 3 N–H and O–H groups in total. The van der Waals surface area contributed by atoms with Crippen molar-refractivity contribution in [3.8, 4) is 5.69 Å². The number of hydrogen-bond donors (Lipinski definition) is 3. The SMILES string of the molecule is CCNC(=O)C(C)(C)CNC(=NC)NCc1ccccc1-n1nc(C)cc1C. The summed E-state index contributed by atoms with van der Waals surface area (Å²) in [5.41, 5.74) is 3.70. The van der Waals surface area contributed by atoms with Gasteiger partial charge in [0.25, 0.3) is 0 Å². The Morgan fingerprint density at radius 2 is 1.89 bits per heavy atom. The summed E-state index contributed by atoms with van der Waals surface area (Å²) in [7, 11) is 1.72. The summed E-state index contributed by atoms with van der Waals surface area (Å²) < 4.78 is 1.96. The van der Waals surface area contributed by atoms with E-state index in [-0.39, 0.29) is 5.91 Å². The molecule has 1 aromatic heterocycles. The molecule has 1 heterocycles. The van der Waals surface area contributed by atoms with Crippen LogP contribution in [0.2, 0.25) is 0 Å². The van der Waals surface area contributed by atoms with E-state index in [2.05, 4.69) is 44.2 Å². The van der Waals surface area contributed by atoms with Crippen LogP contribution in [0, 0.1) is 19.3 Å².